The van der Waals surface area contributed by atoms with Crippen LogP contribution in [0.5, 0.6) is 0 Å². The molecule has 1 fully saturated rings. The zero-order chi connectivity index (χ0) is 32.0. The smallest absolute Gasteiger partial charge is 0.306 e. The highest BCUT2D eigenvalue weighted by atomic mass is 35.5. The molecule has 1 atom stereocenters. The Kier molecular flexibility index (Phi) is 11.9. The van der Waals surface area contributed by atoms with E-state index in [1.54, 1.807) is 6.07 Å². The lowest BCUT2D eigenvalue weighted by Gasteiger charge is -2.45. The zero-order valence-electron chi connectivity index (χ0n) is 26.0. The molecule has 1 N–H and O–H groups in total. The molecule has 1 aliphatic rings. The third-order valence-electron chi connectivity index (χ3n) is 7.27. The number of aryl methyl sites for hydroxylation is 1. The molecule has 9 heteroatoms. The molecule has 1 amide bonds. The van der Waals surface area contributed by atoms with Gasteiger partial charge in [0.25, 0.3) is 5.91 Å². The van der Waals surface area contributed by atoms with Gasteiger partial charge in [0, 0.05) is 31.6 Å². The Morgan fingerprint density at radius 3 is 2.36 bits per heavy atom. The number of aliphatic carboxylic acids is 1. The van der Waals surface area contributed by atoms with E-state index in [1.165, 1.54) is 19.1 Å². The Balaban J connectivity index is 0.000000675. The van der Waals surface area contributed by atoms with Crippen LogP contribution >= 0.6 is 11.6 Å². The van der Waals surface area contributed by atoms with Crippen molar-refractivity contribution in [1.29, 1.82) is 0 Å². The summed E-state index contributed by atoms with van der Waals surface area (Å²) in [6.45, 7) is 20.4. The molecule has 2 heterocycles. The number of hydrogen-bond acceptors (Lipinski definition) is 5. The van der Waals surface area contributed by atoms with E-state index in [1.807, 2.05) is 24.0 Å². The number of carbonyl (C=O) groups is 3. The summed E-state index contributed by atoms with van der Waals surface area (Å²) in [5, 5.41) is 8.23. The predicted octanol–water partition coefficient (Wildman–Crippen LogP) is 7.24. The minimum atomic E-state index is -0.919. The maximum absolute atomic E-state index is 14.1. The number of hydrogen-bond donors (Lipinski definition) is 1. The molecule has 0 bridgehead atoms. The van der Waals surface area contributed by atoms with E-state index in [2.05, 4.69) is 53.1 Å². The number of amides is 1. The largest absolute Gasteiger partial charge is 0.481 e. The van der Waals surface area contributed by atoms with Crippen molar-refractivity contribution in [2.45, 2.75) is 66.8 Å². The molecular formula is C33H44ClFN2O5. The van der Waals surface area contributed by atoms with Gasteiger partial charge < -0.3 is 24.1 Å². The average molecular weight is 603 g/mol. The quantitative estimate of drug-likeness (QED) is 0.253. The topological polar surface area (TPSA) is 91.1 Å². The number of benzene rings is 1. The minimum absolute atomic E-state index is 0.0749. The van der Waals surface area contributed by atoms with E-state index in [-0.39, 0.29) is 28.3 Å². The molecule has 1 aromatic heterocycles. The van der Waals surface area contributed by atoms with Gasteiger partial charge in [0.1, 0.15) is 17.9 Å². The highest BCUT2D eigenvalue weighted by Crippen LogP contribution is 2.40. The first-order valence-corrected chi connectivity index (χ1v) is 14.5. The lowest BCUT2D eigenvalue weighted by Crippen LogP contribution is -2.60. The number of furan rings is 1. The summed E-state index contributed by atoms with van der Waals surface area (Å²) in [4.78, 5) is 37.2. The molecule has 1 aromatic carbocycles. The molecule has 7 nitrogen and oxygen atoms in total. The second-order valence-electron chi connectivity index (χ2n) is 12.4. The van der Waals surface area contributed by atoms with Crippen molar-refractivity contribution >= 4 is 40.9 Å². The van der Waals surface area contributed by atoms with Gasteiger partial charge in [-0.3, -0.25) is 9.59 Å². The van der Waals surface area contributed by atoms with E-state index >= 15 is 0 Å². The van der Waals surface area contributed by atoms with Crippen LogP contribution in [0.25, 0.3) is 11.1 Å². The summed E-state index contributed by atoms with van der Waals surface area (Å²) in [5.41, 5.74) is 2.56. The van der Waals surface area contributed by atoms with E-state index in [0.717, 1.165) is 24.2 Å². The van der Waals surface area contributed by atoms with Crippen LogP contribution in [-0.2, 0) is 16.0 Å². The number of rotatable bonds is 8. The van der Waals surface area contributed by atoms with Crippen LogP contribution in [0.4, 0.5) is 4.39 Å². The Morgan fingerprint density at radius 1 is 1.24 bits per heavy atom. The number of halogens is 2. The van der Waals surface area contributed by atoms with Gasteiger partial charge in [0.05, 0.1) is 16.5 Å². The van der Waals surface area contributed by atoms with Crippen LogP contribution in [-0.4, -0.2) is 65.3 Å². The van der Waals surface area contributed by atoms with Crippen molar-refractivity contribution in [1.82, 2.24) is 9.80 Å². The second kappa shape index (κ2) is 14.3. The van der Waals surface area contributed by atoms with Gasteiger partial charge >= 0.3 is 5.97 Å². The van der Waals surface area contributed by atoms with Crippen molar-refractivity contribution in [2.24, 2.45) is 11.3 Å². The molecule has 1 saturated heterocycles. The highest BCUT2D eigenvalue weighted by Gasteiger charge is 2.38. The molecule has 3 rings (SSSR count). The molecule has 0 radical (unpaired) electrons. The van der Waals surface area contributed by atoms with E-state index in [0.29, 0.717) is 41.9 Å². The summed E-state index contributed by atoms with van der Waals surface area (Å²) in [6.07, 6.45) is 3.36. The zero-order valence-corrected chi connectivity index (χ0v) is 26.8. The van der Waals surface area contributed by atoms with Crippen molar-refractivity contribution in [3.05, 3.63) is 70.4 Å². The Hall–Kier alpha value is -3.23. The summed E-state index contributed by atoms with van der Waals surface area (Å²) >= 11 is 5.85. The maximum atomic E-state index is 14.1. The molecule has 2 aromatic rings. The third-order valence-corrected chi connectivity index (χ3v) is 7.58. The van der Waals surface area contributed by atoms with Gasteiger partial charge in [-0.1, -0.05) is 58.9 Å². The molecule has 230 valence electrons. The standard InChI is InChI=1S/C28H36ClFN2O2.C5H8O3/c1-9-19-16-24(26(33)32-13-12-31(8)17-28(32,6)7)34-25(19)21(27(3,4)5)14-18(2)20-10-11-22(29)23(30)15-20;1-4(2-3-6)5(7)8/h10-11,14-16H,2,9,12-13,17H2,1,3-8H3;3-4H,2H2,1H3,(H,7,8)/b21-14+;. The number of aldehydes is 1. The van der Waals surface area contributed by atoms with Crippen LogP contribution in [0.15, 0.2) is 41.3 Å². The van der Waals surface area contributed by atoms with Gasteiger partial charge in [0.2, 0.25) is 0 Å². The van der Waals surface area contributed by atoms with Gasteiger partial charge in [-0.2, -0.15) is 0 Å². The molecular weight excluding hydrogens is 559 g/mol. The summed E-state index contributed by atoms with van der Waals surface area (Å²) < 4.78 is 20.4. The van der Waals surface area contributed by atoms with Crippen molar-refractivity contribution in [3.63, 3.8) is 0 Å². The monoisotopic (exact) mass is 602 g/mol. The average Bonchev–Trinajstić information content (AvgIpc) is 3.31. The number of carboxylic acids is 1. The van der Waals surface area contributed by atoms with Crippen LogP contribution in [0.1, 0.15) is 82.3 Å². The SMILES string of the molecule is C=C(/C=C(\c1oc(C(=O)N2CCN(C)CC2(C)C)cc1CC)C(C)(C)C)c1ccc(Cl)c(F)c1.CC(CC=O)C(=O)O. The van der Waals surface area contributed by atoms with Gasteiger partial charge in [-0.05, 0) is 73.7 Å². The minimum Gasteiger partial charge on any atom is -0.481 e. The Morgan fingerprint density at radius 2 is 1.88 bits per heavy atom. The predicted molar refractivity (Wildman–Crippen MR) is 166 cm³/mol. The number of allylic oxidation sites excluding steroid dienone is 3. The Bertz CT molecular complexity index is 1340. The highest BCUT2D eigenvalue weighted by molar-refractivity contribution is 6.30. The number of nitrogens with zero attached hydrogens (tertiary/aromatic N) is 2. The molecule has 1 unspecified atom stereocenters. The van der Waals surface area contributed by atoms with Gasteiger partial charge in [-0.25, -0.2) is 4.39 Å². The first kappa shape index (κ1) is 35.0. The first-order chi connectivity index (χ1) is 19.4. The number of carbonyl (C=O) groups excluding carboxylic acids is 2. The van der Waals surface area contributed by atoms with E-state index in [4.69, 9.17) is 21.1 Å². The molecule has 42 heavy (non-hydrogen) atoms. The fourth-order valence-corrected chi connectivity index (χ4v) is 4.87. The normalized spacial score (nSPS) is 16.3. The van der Waals surface area contributed by atoms with Crippen LogP contribution in [0.2, 0.25) is 5.02 Å². The lowest BCUT2D eigenvalue weighted by atomic mass is 9.82. The second-order valence-corrected chi connectivity index (χ2v) is 12.8. The number of piperazine rings is 1. The fourth-order valence-electron chi connectivity index (χ4n) is 4.75. The fraction of sp³-hybridized carbons (Fsp3) is 0.485. The third kappa shape index (κ3) is 8.88. The summed E-state index contributed by atoms with van der Waals surface area (Å²) in [7, 11) is 2.07. The maximum Gasteiger partial charge on any atom is 0.306 e. The first-order valence-electron chi connectivity index (χ1n) is 14.1. The van der Waals surface area contributed by atoms with E-state index < -0.39 is 17.7 Å². The van der Waals surface area contributed by atoms with E-state index in [9.17, 15) is 18.8 Å². The van der Waals surface area contributed by atoms with Crippen LogP contribution < -0.4 is 0 Å². The van der Waals surface area contributed by atoms with Gasteiger partial charge in [-0.15, -0.1) is 0 Å². The van der Waals surface area contributed by atoms with Crippen molar-refractivity contribution in [3.8, 4) is 0 Å². The van der Waals surface area contributed by atoms with Gasteiger partial charge in [0.15, 0.2) is 5.76 Å². The number of carboxylic acid groups (broad SMARTS) is 1. The molecule has 1 aliphatic heterocycles. The van der Waals surface area contributed by atoms with Crippen molar-refractivity contribution in [2.75, 3.05) is 26.7 Å². The molecule has 0 saturated carbocycles. The summed E-state index contributed by atoms with van der Waals surface area (Å²) in [5.74, 6) is -1.000. The Labute approximate surface area is 254 Å². The molecule has 0 aliphatic carbocycles. The lowest BCUT2D eigenvalue weighted by molar-refractivity contribution is -0.142. The number of likely N-dealkylation sites (N-methyl/N-ethyl adjacent to an activating group) is 1. The van der Waals surface area contributed by atoms with Crippen LogP contribution in [0.3, 0.4) is 0 Å². The van der Waals surface area contributed by atoms with Crippen molar-refractivity contribution < 1.29 is 28.3 Å². The van der Waals surface area contributed by atoms with Crippen LogP contribution in [0, 0.1) is 17.2 Å². The molecule has 0 spiro atoms. The summed E-state index contributed by atoms with van der Waals surface area (Å²) in [6, 6.07) is 6.53.